The Labute approximate surface area is 147 Å². The first-order valence-corrected chi connectivity index (χ1v) is 7.95. The summed E-state index contributed by atoms with van der Waals surface area (Å²) >= 11 is 0. The lowest BCUT2D eigenvalue weighted by atomic mass is 10.1. The van der Waals surface area contributed by atoms with Crippen molar-refractivity contribution >= 4 is 17.5 Å². The fourth-order valence-corrected chi connectivity index (χ4v) is 2.13. The number of hydrogen-bond donors (Lipinski definition) is 2. The molecule has 0 atom stereocenters. The highest BCUT2D eigenvalue weighted by molar-refractivity contribution is 5.99. The van der Waals surface area contributed by atoms with E-state index in [0.29, 0.717) is 30.2 Å². The Morgan fingerprint density at radius 1 is 1.04 bits per heavy atom. The highest BCUT2D eigenvalue weighted by Crippen LogP contribution is 2.15. The number of carbonyl (C=O) groups excluding carboxylic acids is 2. The molecular formula is C19H22N2O4. The monoisotopic (exact) mass is 342 g/mol. The minimum atomic E-state index is -0.297. The minimum Gasteiger partial charge on any atom is -0.491 e. The number of rotatable bonds is 8. The van der Waals surface area contributed by atoms with E-state index in [4.69, 9.17) is 9.47 Å². The summed E-state index contributed by atoms with van der Waals surface area (Å²) < 4.78 is 10.4. The van der Waals surface area contributed by atoms with Crippen LogP contribution in [0.1, 0.15) is 15.9 Å². The van der Waals surface area contributed by atoms with Crippen LogP contribution >= 0.6 is 0 Å². The smallest absolute Gasteiger partial charge is 0.251 e. The molecule has 132 valence electrons. The van der Waals surface area contributed by atoms with Crippen molar-refractivity contribution < 1.29 is 19.1 Å². The van der Waals surface area contributed by atoms with Crippen LogP contribution in [-0.4, -0.2) is 38.7 Å². The molecule has 2 N–H and O–H groups in total. The minimum absolute atomic E-state index is 0.0983. The van der Waals surface area contributed by atoms with Gasteiger partial charge in [-0.2, -0.15) is 0 Å². The second-order valence-corrected chi connectivity index (χ2v) is 5.47. The quantitative estimate of drug-likeness (QED) is 0.722. The van der Waals surface area contributed by atoms with Gasteiger partial charge in [0.15, 0.2) is 0 Å². The van der Waals surface area contributed by atoms with Crippen LogP contribution in [0.15, 0.2) is 48.5 Å². The van der Waals surface area contributed by atoms with Gasteiger partial charge in [-0.15, -0.1) is 0 Å². The number of aryl methyl sites for hydroxylation is 1. The first-order chi connectivity index (χ1) is 12.1. The van der Waals surface area contributed by atoms with E-state index >= 15 is 0 Å². The molecule has 6 nitrogen and oxygen atoms in total. The predicted molar refractivity (Wildman–Crippen MR) is 96.0 cm³/mol. The van der Waals surface area contributed by atoms with Crippen molar-refractivity contribution in [1.29, 1.82) is 0 Å². The largest absolute Gasteiger partial charge is 0.491 e. The van der Waals surface area contributed by atoms with Crippen molar-refractivity contribution in [2.75, 3.05) is 32.2 Å². The average molecular weight is 342 g/mol. The lowest BCUT2D eigenvalue weighted by Gasteiger charge is -2.09. The van der Waals surface area contributed by atoms with E-state index in [1.807, 2.05) is 13.0 Å². The average Bonchev–Trinajstić information content (AvgIpc) is 2.61. The second kappa shape index (κ2) is 9.44. The molecule has 2 rings (SSSR count). The maximum atomic E-state index is 12.0. The number of benzene rings is 2. The molecular weight excluding hydrogens is 320 g/mol. The fourth-order valence-electron chi connectivity index (χ4n) is 2.13. The van der Waals surface area contributed by atoms with Gasteiger partial charge in [0.25, 0.3) is 5.91 Å². The molecule has 25 heavy (non-hydrogen) atoms. The SMILES string of the molecule is COCCOc1ccc(NC(=O)CNC(=O)c2cccc(C)c2)cc1. The van der Waals surface area contributed by atoms with Crippen molar-refractivity contribution in [2.45, 2.75) is 6.92 Å². The molecule has 2 aromatic carbocycles. The number of hydrogen-bond acceptors (Lipinski definition) is 4. The van der Waals surface area contributed by atoms with Gasteiger partial charge >= 0.3 is 0 Å². The Morgan fingerprint density at radius 3 is 2.48 bits per heavy atom. The molecule has 0 bridgehead atoms. The van der Waals surface area contributed by atoms with Gasteiger partial charge in [0.05, 0.1) is 13.2 Å². The van der Waals surface area contributed by atoms with Crippen LogP contribution in [0.25, 0.3) is 0 Å². The summed E-state index contributed by atoms with van der Waals surface area (Å²) in [6.07, 6.45) is 0. The predicted octanol–water partition coefficient (Wildman–Crippen LogP) is 2.39. The third-order valence-electron chi connectivity index (χ3n) is 3.38. The van der Waals surface area contributed by atoms with Crippen LogP contribution in [0.5, 0.6) is 5.75 Å². The molecule has 0 aliphatic carbocycles. The Morgan fingerprint density at radius 2 is 1.80 bits per heavy atom. The van der Waals surface area contributed by atoms with Crippen molar-refractivity contribution in [2.24, 2.45) is 0 Å². The Hall–Kier alpha value is -2.86. The highest BCUT2D eigenvalue weighted by Gasteiger charge is 2.08. The van der Waals surface area contributed by atoms with Gasteiger partial charge in [-0.05, 0) is 43.3 Å². The summed E-state index contributed by atoms with van der Waals surface area (Å²) in [6.45, 7) is 2.79. The summed E-state index contributed by atoms with van der Waals surface area (Å²) in [4.78, 5) is 23.9. The van der Waals surface area contributed by atoms with Crippen molar-refractivity contribution in [3.8, 4) is 5.75 Å². The Balaban J connectivity index is 1.79. The van der Waals surface area contributed by atoms with Gasteiger partial charge in [0.1, 0.15) is 12.4 Å². The topological polar surface area (TPSA) is 76.7 Å². The molecule has 0 aliphatic rings. The number of amides is 2. The zero-order valence-corrected chi connectivity index (χ0v) is 14.4. The van der Waals surface area contributed by atoms with E-state index in [1.54, 1.807) is 49.6 Å². The number of nitrogens with one attached hydrogen (secondary N) is 2. The van der Waals surface area contributed by atoms with E-state index in [9.17, 15) is 9.59 Å². The molecule has 0 aliphatic heterocycles. The van der Waals surface area contributed by atoms with Gasteiger partial charge in [0, 0.05) is 18.4 Å². The van der Waals surface area contributed by atoms with E-state index in [1.165, 1.54) is 0 Å². The van der Waals surface area contributed by atoms with Crippen molar-refractivity contribution in [3.05, 3.63) is 59.7 Å². The molecule has 0 radical (unpaired) electrons. The van der Waals surface area contributed by atoms with Crippen LogP contribution < -0.4 is 15.4 Å². The molecule has 2 amide bonds. The molecule has 0 heterocycles. The molecule has 0 fully saturated rings. The van der Waals surface area contributed by atoms with Crippen LogP contribution in [0.2, 0.25) is 0 Å². The Bertz CT molecular complexity index is 714. The van der Waals surface area contributed by atoms with E-state index < -0.39 is 0 Å². The zero-order chi connectivity index (χ0) is 18.1. The zero-order valence-electron chi connectivity index (χ0n) is 14.4. The molecule has 2 aromatic rings. The van der Waals surface area contributed by atoms with Crippen molar-refractivity contribution in [3.63, 3.8) is 0 Å². The summed E-state index contributed by atoms with van der Waals surface area (Å²) in [5.41, 5.74) is 2.16. The van der Waals surface area contributed by atoms with Gasteiger partial charge in [-0.3, -0.25) is 9.59 Å². The summed E-state index contributed by atoms with van der Waals surface area (Å²) in [7, 11) is 1.61. The number of anilines is 1. The first kappa shape index (κ1) is 18.5. The standard InChI is InChI=1S/C19H22N2O4/c1-14-4-3-5-15(12-14)19(23)20-13-18(22)21-16-6-8-17(9-7-16)25-11-10-24-2/h3-9,12H,10-11,13H2,1-2H3,(H,20,23)(H,21,22). The van der Waals surface area contributed by atoms with Crippen LogP contribution in [0.3, 0.4) is 0 Å². The van der Waals surface area contributed by atoms with Gasteiger partial charge in [-0.25, -0.2) is 0 Å². The van der Waals surface area contributed by atoms with Crippen LogP contribution in [0.4, 0.5) is 5.69 Å². The van der Waals surface area contributed by atoms with Gasteiger partial charge in [0.2, 0.25) is 5.91 Å². The third kappa shape index (κ3) is 6.27. The number of ether oxygens (including phenoxy) is 2. The summed E-state index contributed by atoms with van der Waals surface area (Å²) in [5, 5.41) is 5.32. The maximum Gasteiger partial charge on any atom is 0.251 e. The Kier molecular flexibility index (Phi) is 6.98. The molecule has 0 saturated heterocycles. The molecule has 6 heteroatoms. The molecule has 0 aromatic heterocycles. The third-order valence-corrected chi connectivity index (χ3v) is 3.38. The second-order valence-electron chi connectivity index (χ2n) is 5.47. The van der Waals surface area contributed by atoms with E-state index in [-0.39, 0.29) is 18.4 Å². The van der Waals surface area contributed by atoms with Crippen LogP contribution in [0, 0.1) is 6.92 Å². The number of methoxy groups -OCH3 is 1. The number of carbonyl (C=O) groups is 2. The van der Waals surface area contributed by atoms with E-state index in [2.05, 4.69) is 10.6 Å². The molecule has 0 spiro atoms. The first-order valence-electron chi connectivity index (χ1n) is 7.95. The van der Waals surface area contributed by atoms with Crippen LogP contribution in [-0.2, 0) is 9.53 Å². The van der Waals surface area contributed by atoms with Gasteiger partial charge < -0.3 is 20.1 Å². The molecule has 0 unspecified atom stereocenters. The lowest BCUT2D eigenvalue weighted by Crippen LogP contribution is -2.32. The normalized spacial score (nSPS) is 10.2. The fraction of sp³-hybridized carbons (Fsp3) is 0.263. The van der Waals surface area contributed by atoms with E-state index in [0.717, 1.165) is 5.56 Å². The van der Waals surface area contributed by atoms with Crippen molar-refractivity contribution in [1.82, 2.24) is 5.32 Å². The summed E-state index contributed by atoms with van der Waals surface area (Å²) in [5.74, 6) is 0.123. The summed E-state index contributed by atoms with van der Waals surface area (Å²) in [6, 6.07) is 14.2. The van der Waals surface area contributed by atoms with Gasteiger partial charge in [-0.1, -0.05) is 17.7 Å². The molecule has 0 saturated carbocycles. The highest BCUT2D eigenvalue weighted by atomic mass is 16.5. The maximum absolute atomic E-state index is 12.0. The lowest BCUT2D eigenvalue weighted by molar-refractivity contribution is -0.115.